The number of phenols is 1. The lowest BCUT2D eigenvalue weighted by Gasteiger charge is -2.36. The molecule has 2 aromatic rings. The first-order valence-corrected chi connectivity index (χ1v) is 11.5. The predicted octanol–water partition coefficient (Wildman–Crippen LogP) is 4.21. The quantitative estimate of drug-likeness (QED) is 0.756. The number of hydrogen-bond donors (Lipinski definition) is 2. The van der Waals surface area contributed by atoms with Crippen molar-refractivity contribution < 1.29 is 18.3 Å². The third kappa shape index (κ3) is 3.89. The van der Waals surface area contributed by atoms with Gasteiger partial charge in [0.05, 0.1) is 23.8 Å². The normalized spacial score (nSPS) is 23.6. The molecule has 0 bridgehead atoms. The van der Waals surface area contributed by atoms with Crippen LogP contribution in [-0.2, 0) is 9.84 Å². The summed E-state index contributed by atoms with van der Waals surface area (Å²) in [5.74, 6) is 0.127. The summed E-state index contributed by atoms with van der Waals surface area (Å²) >= 11 is 0. The lowest BCUT2D eigenvalue weighted by Crippen LogP contribution is -2.50. The van der Waals surface area contributed by atoms with Gasteiger partial charge in [0.1, 0.15) is 0 Å². The van der Waals surface area contributed by atoms with Gasteiger partial charge in [0.25, 0.3) is 0 Å². The molecule has 6 heteroatoms. The Morgan fingerprint density at radius 2 is 1.93 bits per heavy atom. The Morgan fingerprint density at radius 3 is 2.54 bits per heavy atom. The van der Waals surface area contributed by atoms with Gasteiger partial charge in [-0.1, -0.05) is 57.0 Å². The van der Waals surface area contributed by atoms with E-state index in [0.717, 1.165) is 24.8 Å². The third-order valence-corrected chi connectivity index (χ3v) is 7.65. The fourth-order valence-corrected chi connectivity index (χ4v) is 6.18. The average Bonchev–Trinajstić information content (AvgIpc) is 2.79. The summed E-state index contributed by atoms with van der Waals surface area (Å²) < 4.78 is 32.0. The molecule has 2 aromatic carbocycles. The minimum atomic E-state index is -3.60. The van der Waals surface area contributed by atoms with E-state index in [1.54, 1.807) is 6.07 Å². The van der Waals surface area contributed by atoms with Gasteiger partial charge in [-0.2, -0.15) is 0 Å². The molecule has 1 heterocycles. The van der Waals surface area contributed by atoms with E-state index < -0.39 is 15.4 Å². The third-order valence-electron chi connectivity index (χ3n) is 5.69. The molecule has 0 spiro atoms. The molecular weight excluding hydrogens is 374 g/mol. The molecule has 0 saturated carbocycles. The minimum absolute atomic E-state index is 0.0125. The van der Waals surface area contributed by atoms with Gasteiger partial charge in [-0.3, -0.25) is 5.32 Å². The van der Waals surface area contributed by atoms with Crippen LogP contribution in [0.5, 0.6) is 11.5 Å². The lowest BCUT2D eigenvalue weighted by molar-refractivity contribution is 0.294. The van der Waals surface area contributed by atoms with E-state index in [-0.39, 0.29) is 28.2 Å². The van der Waals surface area contributed by atoms with Crippen LogP contribution in [0, 0.1) is 0 Å². The maximum atomic E-state index is 13.4. The van der Waals surface area contributed by atoms with Crippen molar-refractivity contribution in [2.24, 2.45) is 0 Å². The number of sulfone groups is 1. The van der Waals surface area contributed by atoms with Crippen LogP contribution in [0.2, 0.25) is 0 Å². The maximum absolute atomic E-state index is 13.4. The van der Waals surface area contributed by atoms with Gasteiger partial charge in [0.2, 0.25) is 0 Å². The highest BCUT2D eigenvalue weighted by molar-refractivity contribution is 7.91. The van der Waals surface area contributed by atoms with E-state index in [9.17, 15) is 13.5 Å². The fourth-order valence-electron chi connectivity index (χ4n) is 4.04. The van der Waals surface area contributed by atoms with E-state index in [2.05, 4.69) is 12.2 Å². The van der Waals surface area contributed by atoms with Crippen molar-refractivity contribution in [3.63, 3.8) is 0 Å². The van der Waals surface area contributed by atoms with Crippen molar-refractivity contribution >= 4 is 9.84 Å². The Morgan fingerprint density at radius 1 is 1.21 bits per heavy atom. The number of hydrogen-bond acceptors (Lipinski definition) is 5. The molecule has 2 atom stereocenters. The monoisotopic (exact) mass is 403 g/mol. The van der Waals surface area contributed by atoms with Crippen molar-refractivity contribution in [1.29, 1.82) is 0 Å². The summed E-state index contributed by atoms with van der Waals surface area (Å²) in [6.07, 6.45) is 3.43. The number of unbranched alkanes of at least 4 members (excludes halogenated alkanes) is 1. The van der Waals surface area contributed by atoms with Crippen LogP contribution in [0.15, 0.2) is 47.4 Å². The standard InChI is InChI=1S/C22H29NO4S/c1-4-6-12-22(5-2)15-28(25,26)20-14-18(24)19(27-3)13-17(20)21(23-22)16-10-8-7-9-11-16/h7-11,13-14,21,23-24H,4-6,12,15H2,1-3H3/t21?,22-/m1/s1. The number of fused-ring (bicyclic) bond motifs is 1. The van der Waals surface area contributed by atoms with Crippen molar-refractivity contribution in [1.82, 2.24) is 5.32 Å². The molecule has 0 aromatic heterocycles. The van der Waals surface area contributed by atoms with E-state index in [1.165, 1.54) is 13.2 Å². The molecule has 2 N–H and O–H groups in total. The smallest absolute Gasteiger partial charge is 0.180 e. The topological polar surface area (TPSA) is 75.6 Å². The van der Waals surface area contributed by atoms with E-state index in [1.807, 2.05) is 37.3 Å². The van der Waals surface area contributed by atoms with Gasteiger partial charge < -0.3 is 9.84 Å². The maximum Gasteiger partial charge on any atom is 0.180 e. The molecular formula is C22H29NO4S. The highest BCUT2D eigenvalue weighted by Crippen LogP contribution is 2.42. The highest BCUT2D eigenvalue weighted by atomic mass is 32.2. The minimum Gasteiger partial charge on any atom is -0.504 e. The van der Waals surface area contributed by atoms with Gasteiger partial charge >= 0.3 is 0 Å². The number of nitrogens with one attached hydrogen (secondary N) is 1. The Hall–Kier alpha value is -2.05. The molecule has 0 aliphatic carbocycles. The molecule has 1 unspecified atom stereocenters. The molecule has 5 nitrogen and oxygen atoms in total. The van der Waals surface area contributed by atoms with E-state index in [0.29, 0.717) is 12.0 Å². The largest absolute Gasteiger partial charge is 0.504 e. The van der Waals surface area contributed by atoms with Crippen molar-refractivity contribution in [3.05, 3.63) is 53.6 Å². The molecule has 0 radical (unpaired) electrons. The first-order valence-electron chi connectivity index (χ1n) is 9.82. The van der Waals surface area contributed by atoms with Crippen molar-refractivity contribution in [2.75, 3.05) is 12.9 Å². The molecule has 3 rings (SSSR count). The van der Waals surface area contributed by atoms with Crippen molar-refractivity contribution in [2.45, 2.75) is 56.0 Å². The second kappa shape index (κ2) is 8.13. The molecule has 0 amide bonds. The van der Waals surface area contributed by atoms with E-state index >= 15 is 0 Å². The zero-order chi connectivity index (χ0) is 20.4. The number of phenolic OH excluding ortho intramolecular Hbond substituents is 1. The van der Waals surface area contributed by atoms with Crippen LogP contribution >= 0.6 is 0 Å². The Kier molecular flexibility index (Phi) is 6.01. The molecule has 1 aliphatic rings. The number of benzene rings is 2. The highest BCUT2D eigenvalue weighted by Gasteiger charge is 2.42. The van der Waals surface area contributed by atoms with Gasteiger partial charge in [-0.25, -0.2) is 8.42 Å². The zero-order valence-electron chi connectivity index (χ0n) is 16.7. The Balaban J connectivity index is 2.25. The summed E-state index contributed by atoms with van der Waals surface area (Å²) in [5, 5.41) is 14.0. The van der Waals surface area contributed by atoms with Crippen LogP contribution in [0.3, 0.4) is 0 Å². The summed E-state index contributed by atoms with van der Waals surface area (Å²) in [4.78, 5) is 0.180. The van der Waals surface area contributed by atoms with Gasteiger partial charge in [0.15, 0.2) is 21.3 Å². The first-order chi connectivity index (χ1) is 13.4. The van der Waals surface area contributed by atoms with E-state index in [4.69, 9.17) is 4.74 Å². The Bertz CT molecular complexity index is 927. The lowest BCUT2D eigenvalue weighted by atomic mass is 9.88. The fraction of sp³-hybridized carbons (Fsp3) is 0.455. The first kappa shape index (κ1) is 20.7. The summed E-state index contributed by atoms with van der Waals surface area (Å²) in [6.45, 7) is 4.15. The summed E-state index contributed by atoms with van der Waals surface area (Å²) in [6, 6.07) is 12.5. The Labute approximate surface area is 167 Å². The SMILES string of the molecule is CCCC[C@]1(CC)CS(=O)(=O)c2cc(O)c(OC)cc2C(c2ccccc2)N1. The molecule has 0 fully saturated rings. The predicted molar refractivity (Wildman–Crippen MR) is 111 cm³/mol. The molecule has 152 valence electrons. The van der Waals surface area contributed by atoms with Crippen molar-refractivity contribution in [3.8, 4) is 11.5 Å². The van der Waals surface area contributed by atoms with Gasteiger partial charge in [0, 0.05) is 11.6 Å². The molecule has 1 aliphatic heterocycles. The number of rotatable bonds is 6. The second-order valence-corrected chi connectivity index (χ2v) is 9.50. The summed E-state index contributed by atoms with van der Waals surface area (Å²) in [5.41, 5.74) is 1.08. The van der Waals surface area contributed by atoms with Crippen LogP contribution in [-0.4, -0.2) is 31.9 Å². The second-order valence-electron chi connectivity index (χ2n) is 7.55. The number of aromatic hydroxyl groups is 1. The summed E-state index contributed by atoms with van der Waals surface area (Å²) in [7, 11) is -2.13. The van der Waals surface area contributed by atoms with Crippen LogP contribution in [0.25, 0.3) is 0 Å². The molecule has 28 heavy (non-hydrogen) atoms. The number of ether oxygens (including phenoxy) is 1. The van der Waals surface area contributed by atoms with Crippen LogP contribution in [0.1, 0.15) is 56.7 Å². The average molecular weight is 404 g/mol. The van der Waals surface area contributed by atoms with Gasteiger partial charge in [-0.15, -0.1) is 0 Å². The van der Waals surface area contributed by atoms with Gasteiger partial charge in [-0.05, 0) is 30.0 Å². The zero-order valence-corrected chi connectivity index (χ0v) is 17.6. The number of methoxy groups -OCH3 is 1. The molecule has 0 saturated heterocycles. The van der Waals surface area contributed by atoms with Crippen LogP contribution in [0.4, 0.5) is 0 Å². The van der Waals surface area contributed by atoms with Crippen LogP contribution < -0.4 is 10.1 Å².